The molecule has 1 aromatic carbocycles. The molecule has 0 bridgehead atoms. The standard InChI is InChI=1S/C19H28O5/c1-3-5-9-16(4-2)18(20)23-14-12-22-13-15-24-19(21)17-10-7-6-8-11-17/h6-8,10-11,16H,3-5,9,12-15H2,1-2H3. The van der Waals surface area contributed by atoms with Crippen molar-refractivity contribution >= 4 is 11.9 Å². The molecule has 1 atom stereocenters. The molecule has 1 rings (SSSR count). The van der Waals surface area contributed by atoms with Gasteiger partial charge in [-0.3, -0.25) is 4.79 Å². The summed E-state index contributed by atoms with van der Waals surface area (Å²) in [5, 5.41) is 0. The lowest BCUT2D eigenvalue weighted by atomic mass is 10.00. The number of esters is 2. The van der Waals surface area contributed by atoms with Crippen LogP contribution in [0.3, 0.4) is 0 Å². The van der Waals surface area contributed by atoms with Crippen LogP contribution in [0.1, 0.15) is 49.9 Å². The van der Waals surface area contributed by atoms with Crippen LogP contribution in [0.2, 0.25) is 0 Å². The number of benzene rings is 1. The van der Waals surface area contributed by atoms with E-state index in [1.54, 1.807) is 24.3 Å². The minimum absolute atomic E-state index is 0.0169. The average Bonchev–Trinajstić information content (AvgIpc) is 2.62. The van der Waals surface area contributed by atoms with Gasteiger partial charge < -0.3 is 14.2 Å². The van der Waals surface area contributed by atoms with E-state index in [0.717, 1.165) is 25.7 Å². The van der Waals surface area contributed by atoms with Crippen molar-refractivity contribution in [1.29, 1.82) is 0 Å². The summed E-state index contributed by atoms with van der Waals surface area (Å²) in [7, 11) is 0. The Balaban J connectivity index is 2.05. The molecule has 1 aromatic rings. The first-order valence-corrected chi connectivity index (χ1v) is 8.65. The van der Waals surface area contributed by atoms with E-state index in [1.165, 1.54) is 0 Å². The molecule has 24 heavy (non-hydrogen) atoms. The Morgan fingerprint density at radius 3 is 2.25 bits per heavy atom. The largest absolute Gasteiger partial charge is 0.463 e. The molecular formula is C19H28O5. The molecule has 0 saturated heterocycles. The molecule has 0 saturated carbocycles. The van der Waals surface area contributed by atoms with E-state index < -0.39 is 0 Å². The molecule has 0 N–H and O–H groups in total. The number of carbonyl (C=O) groups is 2. The zero-order chi connectivity index (χ0) is 17.6. The predicted octanol–water partition coefficient (Wildman–Crippen LogP) is 3.62. The Labute approximate surface area is 144 Å². The number of hydrogen-bond acceptors (Lipinski definition) is 5. The molecule has 0 radical (unpaired) electrons. The fraction of sp³-hybridized carbons (Fsp3) is 0.579. The third-order valence-corrected chi connectivity index (χ3v) is 3.67. The Morgan fingerprint density at radius 1 is 0.958 bits per heavy atom. The van der Waals surface area contributed by atoms with Gasteiger partial charge in [0.2, 0.25) is 0 Å². The quantitative estimate of drug-likeness (QED) is 0.431. The SMILES string of the molecule is CCCCC(CC)C(=O)OCCOCCOC(=O)c1ccccc1. The second-order valence-electron chi connectivity index (χ2n) is 5.53. The van der Waals surface area contributed by atoms with E-state index in [0.29, 0.717) is 12.2 Å². The van der Waals surface area contributed by atoms with E-state index in [9.17, 15) is 9.59 Å². The van der Waals surface area contributed by atoms with Gasteiger partial charge in [0.05, 0.1) is 24.7 Å². The van der Waals surface area contributed by atoms with Crippen molar-refractivity contribution in [3.8, 4) is 0 Å². The molecule has 0 heterocycles. The third kappa shape index (κ3) is 8.11. The average molecular weight is 336 g/mol. The summed E-state index contributed by atoms with van der Waals surface area (Å²) < 4.78 is 15.6. The molecule has 0 aliphatic carbocycles. The van der Waals surface area contributed by atoms with Gasteiger partial charge in [-0.25, -0.2) is 4.79 Å². The lowest BCUT2D eigenvalue weighted by Crippen LogP contribution is -2.20. The number of unbranched alkanes of at least 4 members (excludes halogenated alkanes) is 1. The Kier molecular flexibility index (Phi) is 10.5. The summed E-state index contributed by atoms with van der Waals surface area (Å²) in [6.45, 7) is 5.10. The van der Waals surface area contributed by atoms with Crippen LogP contribution in [-0.4, -0.2) is 38.4 Å². The van der Waals surface area contributed by atoms with Gasteiger partial charge in [0, 0.05) is 0 Å². The summed E-state index contributed by atoms with van der Waals surface area (Å²) in [6, 6.07) is 8.81. The zero-order valence-corrected chi connectivity index (χ0v) is 14.7. The fourth-order valence-corrected chi connectivity index (χ4v) is 2.21. The zero-order valence-electron chi connectivity index (χ0n) is 14.7. The van der Waals surface area contributed by atoms with Gasteiger partial charge in [-0.05, 0) is 25.0 Å². The minimum atomic E-state index is -0.368. The Hall–Kier alpha value is -1.88. The lowest BCUT2D eigenvalue weighted by molar-refractivity contribution is -0.150. The highest BCUT2D eigenvalue weighted by atomic mass is 16.6. The summed E-state index contributed by atoms with van der Waals surface area (Å²) in [5.74, 6) is -0.533. The topological polar surface area (TPSA) is 61.8 Å². The van der Waals surface area contributed by atoms with Crippen molar-refractivity contribution in [2.45, 2.75) is 39.5 Å². The van der Waals surface area contributed by atoms with Crippen LogP contribution in [0.15, 0.2) is 30.3 Å². The van der Waals surface area contributed by atoms with Crippen molar-refractivity contribution in [3.63, 3.8) is 0 Å². The van der Waals surface area contributed by atoms with Crippen molar-refractivity contribution in [1.82, 2.24) is 0 Å². The van der Waals surface area contributed by atoms with Gasteiger partial charge in [-0.15, -0.1) is 0 Å². The highest BCUT2D eigenvalue weighted by molar-refractivity contribution is 5.89. The number of carbonyl (C=O) groups excluding carboxylic acids is 2. The molecule has 0 fully saturated rings. The van der Waals surface area contributed by atoms with Crippen LogP contribution in [0.25, 0.3) is 0 Å². The lowest BCUT2D eigenvalue weighted by Gasteiger charge is -2.13. The van der Waals surface area contributed by atoms with E-state index in [1.807, 2.05) is 13.0 Å². The molecule has 1 unspecified atom stereocenters. The molecule has 0 aromatic heterocycles. The Bertz CT molecular complexity index is 472. The van der Waals surface area contributed by atoms with Crippen molar-refractivity contribution in [3.05, 3.63) is 35.9 Å². The number of rotatable bonds is 12. The van der Waals surface area contributed by atoms with Crippen LogP contribution in [0, 0.1) is 5.92 Å². The highest BCUT2D eigenvalue weighted by Gasteiger charge is 2.16. The maximum atomic E-state index is 11.9. The Morgan fingerprint density at radius 2 is 1.62 bits per heavy atom. The van der Waals surface area contributed by atoms with Gasteiger partial charge in [-0.1, -0.05) is 44.9 Å². The summed E-state index contributed by atoms with van der Waals surface area (Å²) in [5.41, 5.74) is 0.518. The highest BCUT2D eigenvalue weighted by Crippen LogP contribution is 2.14. The van der Waals surface area contributed by atoms with Crippen LogP contribution >= 0.6 is 0 Å². The number of ether oxygens (including phenoxy) is 3. The molecule has 134 valence electrons. The smallest absolute Gasteiger partial charge is 0.338 e. The van der Waals surface area contributed by atoms with E-state index >= 15 is 0 Å². The van der Waals surface area contributed by atoms with Crippen LogP contribution < -0.4 is 0 Å². The summed E-state index contributed by atoms with van der Waals surface area (Å²) in [6.07, 6.45) is 3.79. The molecular weight excluding hydrogens is 308 g/mol. The molecule has 0 aliphatic rings. The first-order chi connectivity index (χ1) is 11.7. The summed E-state index contributed by atoms with van der Waals surface area (Å²) >= 11 is 0. The first-order valence-electron chi connectivity index (χ1n) is 8.65. The predicted molar refractivity (Wildman–Crippen MR) is 91.8 cm³/mol. The van der Waals surface area contributed by atoms with Gasteiger partial charge in [0.1, 0.15) is 13.2 Å². The van der Waals surface area contributed by atoms with E-state index in [-0.39, 0.29) is 37.7 Å². The fourth-order valence-electron chi connectivity index (χ4n) is 2.21. The third-order valence-electron chi connectivity index (χ3n) is 3.67. The van der Waals surface area contributed by atoms with Gasteiger partial charge >= 0.3 is 11.9 Å². The van der Waals surface area contributed by atoms with Gasteiger partial charge in [0.15, 0.2) is 0 Å². The van der Waals surface area contributed by atoms with Crippen molar-refractivity contribution in [2.75, 3.05) is 26.4 Å². The summed E-state index contributed by atoms with van der Waals surface area (Å²) in [4.78, 5) is 23.5. The van der Waals surface area contributed by atoms with E-state index in [2.05, 4.69) is 6.92 Å². The monoisotopic (exact) mass is 336 g/mol. The second-order valence-corrected chi connectivity index (χ2v) is 5.53. The van der Waals surface area contributed by atoms with Gasteiger partial charge in [-0.2, -0.15) is 0 Å². The maximum absolute atomic E-state index is 11.9. The van der Waals surface area contributed by atoms with Crippen LogP contribution in [0.5, 0.6) is 0 Å². The van der Waals surface area contributed by atoms with Crippen molar-refractivity contribution < 1.29 is 23.8 Å². The van der Waals surface area contributed by atoms with Crippen LogP contribution in [-0.2, 0) is 19.0 Å². The normalized spacial score (nSPS) is 11.8. The van der Waals surface area contributed by atoms with Crippen LogP contribution in [0.4, 0.5) is 0 Å². The molecule has 0 aliphatic heterocycles. The number of hydrogen-bond donors (Lipinski definition) is 0. The van der Waals surface area contributed by atoms with Crippen molar-refractivity contribution in [2.24, 2.45) is 5.92 Å². The van der Waals surface area contributed by atoms with Gasteiger partial charge in [0.25, 0.3) is 0 Å². The minimum Gasteiger partial charge on any atom is -0.463 e. The molecule has 0 spiro atoms. The van der Waals surface area contributed by atoms with E-state index in [4.69, 9.17) is 14.2 Å². The molecule has 5 heteroatoms. The first kappa shape index (κ1) is 20.2. The molecule has 0 amide bonds. The molecule has 5 nitrogen and oxygen atoms in total. The second kappa shape index (κ2) is 12.5. The maximum Gasteiger partial charge on any atom is 0.338 e.